The smallest absolute Gasteiger partial charge is 0.164 e. The second-order valence-electron chi connectivity index (χ2n) is 4.43. The Labute approximate surface area is 110 Å². The maximum absolute atomic E-state index is 9.78. The fraction of sp³-hybridized carbons (Fsp3) is 0.538. The van der Waals surface area contributed by atoms with Crippen molar-refractivity contribution in [3.63, 3.8) is 0 Å². The number of hydrogen-bond donors (Lipinski definition) is 2. The van der Waals surface area contributed by atoms with Crippen molar-refractivity contribution < 1.29 is 9.84 Å². The first-order chi connectivity index (χ1) is 8.22. The first kappa shape index (κ1) is 12.7. The summed E-state index contributed by atoms with van der Waals surface area (Å²) in [5.74, 6) is 0.799. The van der Waals surface area contributed by atoms with E-state index < -0.39 is 0 Å². The fourth-order valence-corrected chi connectivity index (χ4v) is 2.83. The summed E-state index contributed by atoms with van der Waals surface area (Å²) in [6, 6.07) is 4.01. The lowest BCUT2D eigenvalue weighted by Gasteiger charge is -2.24. The van der Waals surface area contributed by atoms with E-state index in [4.69, 9.17) is 4.74 Å². The van der Waals surface area contributed by atoms with Gasteiger partial charge in [0.05, 0.1) is 7.11 Å². The molecule has 1 heterocycles. The van der Waals surface area contributed by atoms with Gasteiger partial charge in [0.25, 0.3) is 0 Å². The molecule has 0 radical (unpaired) electrons. The minimum absolute atomic E-state index is 0.210. The number of phenols is 1. The van der Waals surface area contributed by atoms with Gasteiger partial charge < -0.3 is 15.2 Å². The van der Waals surface area contributed by atoms with Gasteiger partial charge in [0.2, 0.25) is 0 Å². The zero-order chi connectivity index (χ0) is 12.3. The van der Waals surface area contributed by atoms with Crippen LogP contribution in [0.2, 0.25) is 0 Å². The Bertz CT molecular complexity index is 389. The number of aromatic hydroxyl groups is 1. The van der Waals surface area contributed by atoms with Crippen LogP contribution in [0.5, 0.6) is 11.5 Å². The number of halogens is 1. The Balaban J connectivity index is 2.21. The van der Waals surface area contributed by atoms with Crippen LogP contribution in [0.25, 0.3) is 0 Å². The summed E-state index contributed by atoms with van der Waals surface area (Å²) in [7, 11) is 1.60. The third-order valence-electron chi connectivity index (χ3n) is 3.25. The number of phenolic OH excluding ortho intramolecular Hbond substituents is 1. The second-order valence-corrected chi connectivity index (χ2v) is 5.28. The van der Waals surface area contributed by atoms with Gasteiger partial charge >= 0.3 is 0 Å². The Hall–Kier alpha value is -0.740. The van der Waals surface area contributed by atoms with Gasteiger partial charge in [0.1, 0.15) is 0 Å². The maximum Gasteiger partial charge on any atom is 0.164 e. The molecule has 1 aromatic rings. The van der Waals surface area contributed by atoms with Crippen LogP contribution in [0.15, 0.2) is 16.6 Å². The summed E-state index contributed by atoms with van der Waals surface area (Å²) in [6.45, 7) is 1.09. The van der Waals surface area contributed by atoms with Crippen LogP contribution in [0, 0.1) is 0 Å². The van der Waals surface area contributed by atoms with Gasteiger partial charge in [-0.25, -0.2) is 0 Å². The molecule has 3 nitrogen and oxygen atoms in total. The molecule has 0 amide bonds. The Morgan fingerprint density at radius 3 is 2.94 bits per heavy atom. The molecule has 1 aromatic carbocycles. The SMILES string of the molecule is COc1c(O)ccc(Br)c1CC1CCCCN1. The van der Waals surface area contributed by atoms with Crippen LogP contribution in [-0.4, -0.2) is 24.8 Å². The molecular formula is C13H18BrNO2. The summed E-state index contributed by atoms with van der Waals surface area (Å²) in [5.41, 5.74) is 1.05. The van der Waals surface area contributed by atoms with Gasteiger partial charge in [-0.15, -0.1) is 0 Å². The second kappa shape index (κ2) is 5.74. The van der Waals surface area contributed by atoms with Crippen molar-refractivity contribution in [2.24, 2.45) is 0 Å². The zero-order valence-corrected chi connectivity index (χ0v) is 11.6. The fourth-order valence-electron chi connectivity index (χ4n) is 2.35. The molecule has 2 N–H and O–H groups in total. The summed E-state index contributed by atoms with van der Waals surface area (Å²) in [4.78, 5) is 0. The summed E-state index contributed by atoms with van der Waals surface area (Å²) < 4.78 is 6.29. The molecule has 0 aromatic heterocycles. The largest absolute Gasteiger partial charge is 0.504 e. The molecule has 1 unspecified atom stereocenters. The molecule has 1 saturated heterocycles. The van der Waals surface area contributed by atoms with Crippen molar-refractivity contribution in [3.05, 3.63) is 22.2 Å². The first-order valence-corrected chi connectivity index (χ1v) is 6.79. The summed E-state index contributed by atoms with van der Waals surface area (Å²) in [6.07, 6.45) is 4.61. The Kier molecular flexibility index (Phi) is 4.29. The van der Waals surface area contributed by atoms with E-state index in [0.717, 1.165) is 23.0 Å². The number of rotatable bonds is 3. The van der Waals surface area contributed by atoms with E-state index in [9.17, 15) is 5.11 Å². The van der Waals surface area contributed by atoms with Crippen molar-refractivity contribution in [2.75, 3.05) is 13.7 Å². The quantitative estimate of drug-likeness (QED) is 0.902. The number of ether oxygens (including phenoxy) is 1. The Morgan fingerprint density at radius 2 is 2.29 bits per heavy atom. The van der Waals surface area contributed by atoms with E-state index >= 15 is 0 Å². The highest BCUT2D eigenvalue weighted by molar-refractivity contribution is 9.10. The number of piperidine rings is 1. The van der Waals surface area contributed by atoms with Crippen LogP contribution in [-0.2, 0) is 6.42 Å². The van der Waals surface area contributed by atoms with Gasteiger partial charge in [-0.3, -0.25) is 0 Å². The van der Waals surface area contributed by atoms with Gasteiger partial charge in [0, 0.05) is 16.1 Å². The average molecular weight is 300 g/mol. The lowest BCUT2D eigenvalue weighted by molar-refractivity contribution is 0.358. The van der Waals surface area contributed by atoms with E-state index in [1.165, 1.54) is 19.3 Å². The lowest BCUT2D eigenvalue weighted by Crippen LogP contribution is -2.35. The molecule has 2 rings (SSSR count). The number of nitrogens with one attached hydrogen (secondary N) is 1. The van der Waals surface area contributed by atoms with Gasteiger partial charge in [0.15, 0.2) is 11.5 Å². The van der Waals surface area contributed by atoms with Crippen LogP contribution in [0.3, 0.4) is 0 Å². The molecule has 94 valence electrons. The molecule has 0 spiro atoms. The topological polar surface area (TPSA) is 41.5 Å². The van der Waals surface area contributed by atoms with Crippen LogP contribution in [0.1, 0.15) is 24.8 Å². The molecule has 0 aliphatic carbocycles. The predicted molar refractivity (Wildman–Crippen MR) is 71.7 cm³/mol. The standard InChI is InChI=1S/C13H18BrNO2/c1-17-13-10(11(14)5-6-12(13)16)8-9-4-2-3-7-15-9/h5-6,9,15-16H,2-4,7-8H2,1H3. The molecule has 0 saturated carbocycles. The highest BCUT2D eigenvalue weighted by Crippen LogP contribution is 2.36. The molecule has 4 heteroatoms. The van der Waals surface area contributed by atoms with Crippen molar-refractivity contribution in [1.29, 1.82) is 0 Å². The number of hydrogen-bond acceptors (Lipinski definition) is 3. The van der Waals surface area contributed by atoms with E-state index in [1.807, 2.05) is 6.07 Å². The molecule has 17 heavy (non-hydrogen) atoms. The molecule has 0 bridgehead atoms. The highest BCUT2D eigenvalue weighted by atomic mass is 79.9. The van der Waals surface area contributed by atoms with E-state index in [-0.39, 0.29) is 5.75 Å². The van der Waals surface area contributed by atoms with Crippen molar-refractivity contribution in [1.82, 2.24) is 5.32 Å². The van der Waals surface area contributed by atoms with E-state index in [1.54, 1.807) is 13.2 Å². The molecule has 1 aliphatic heterocycles. The summed E-state index contributed by atoms with van der Waals surface area (Å²) >= 11 is 3.53. The van der Waals surface area contributed by atoms with Crippen LogP contribution >= 0.6 is 15.9 Å². The van der Waals surface area contributed by atoms with Gasteiger partial charge in [-0.1, -0.05) is 22.4 Å². The minimum Gasteiger partial charge on any atom is -0.504 e. The highest BCUT2D eigenvalue weighted by Gasteiger charge is 2.19. The predicted octanol–water partition coefficient (Wildman–Crippen LogP) is 2.85. The third kappa shape index (κ3) is 2.93. The number of benzene rings is 1. The van der Waals surface area contributed by atoms with Gasteiger partial charge in [-0.2, -0.15) is 0 Å². The average Bonchev–Trinajstić information content (AvgIpc) is 2.35. The zero-order valence-electron chi connectivity index (χ0n) is 10.0. The van der Waals surface area contributed by atoms with Crippen molar-refractivity contribution in [2.45, 2.75) is 31.7 Å². The third-order valence-corrected chi connectivity index (χ3v) is 3.99. The summed E-state index contributed by atoms with van der Waals surface area (Å²) in [5, 5.41) is 13.3. The van der Waals surface area contributed by atoms with Crippen molar-refractivity contribution in [3.8, 4) is 11.5 Å². The molecule has 1 fully saturated rings. The monoisotopic (exact) mass is 299 g/mol. The maximum atomic E-state index is 9.78. The molecular weight excluding hydrogens is 282 g/mol. The normalized spacial score (nSPS) is 20.2. The van der Waals surface area contributed by atoms with Crippen molar-refractivity contribution >= 4 is 15.9 Å². The van der Waals surface area contributed by atoms with E-state index in [2.05, 4.69) is 21.2 Å². The number of methoxy groups -OCH3 is 1. The van der Waals surface area contributed by atoms with E-state index in [0.29, 0.717) is 11.8 Å². The van der Waals surface area contributed by atoms with Crippen LogP contribution in [0.4, 0.5) is 0 Å². The minimum atomic E-state index is 0.210. The van der Waals surface area contributed by atoms with Crippen LogP contribution < -0.4 is 10.1 Å². The molecule has 1 aliphatic rings. The lowest BCUT2D eigenvalue weighted by atomic mass is 9.97. The molecule has 1 atom stereocenters. The van der Waals surface area contributed by atoms with Gasteiger partial charge in [-0.05, 0) is 37.9 Å². The Morgan fingerprint density at radius 1 is 1.47 bits per heavy atom. The first-order valence-electron chi connectivity index (χ1n) is 6.00.